The van der Waals surface area contributed by atoms with Gasteiger partial charge in [-0.1, -0.05) is 0 Å². The van der Waals surface area contributed by atoms with Crippen molar-refractivity contribution in [2.75, 3.05) is 12.4 Å². The van der Waals surface area contributed by atoms with Crippen LogP contribution in [0.15, 0.2) is 18.2 Å². The van der Waals surface area contributed by atoms with Gasteiger partial charge in [0, 0.05) is 11.2 Å². The Morgan fingerprint density at radius 2 is 2.00 bits per heavy atom. The van der Waals surface area contributed by atoms with Gasteiger partial charge in [-0.15, -0.1) is 0 Å². The lowest BCUT2D eigenvalue weighted by atomic mass is 10.0. The average Bonchev–Trinajstić information content (AvgIpc) is 3.10. The summed E-state index contributed by atoms with van der Waals surface area (Å²) in [6, 6.07) is 4.38. The molecule has 0 aromatic heterocycles. The molecule has 2 N–H and O–H groups in total. The van der Waals surface area contributed by atoms with Crippen molar-refractivity contribution < 1.29 is 13.9 Å². The predicted octanol–water partition coefficient (Wildman–Crippen LogP) is 3.38. The third-order valence-electron chi connectivity index (χ3n) is 3.36. The van der Waals surface area contributed by atoms with E-state index in [0.717, 1.165) is 18.4 Å². The smallest absolute Gasteiger partial charge is 0.412 e. The second-order valence-corrected chi connectivity index (χ2v) is 6.15. The molecule has 2 rings (SSSR count). The van der Waals surface area contributed by atoms with Gasteiger partial charge in [0.25, 0.3) is 0 Å². The van der Waals surface area contributed by atoms with Crippen molar-refractivity contribution in [1.29, 1.82) is 0 Å². The molecule has 1 saturated carbocycles. The van der Waals surface area contributed by atoms with Crippen molar-refractivity contribution in [3.05, 3.63) is 29.6 Å². The zero-order valence-corrected chi connectivity index (χ0v) is 12.3. The van der Waals surface area contributed by atoms with Crippen LogP contribution in [0.25, 0.3) is 0 Å². The van der Waals surface area contributed by atoms with Crippen LogP contribution in [-0.4, -0.2) is 18.7 Å². The van der Waals surface area contributed by atoms with Gasteiger partial charge in [-0.2, -0.15) is 0 Å². The lowest BCUT2D eigenvalue weighted by Gasteiger charge is -2.22. The molecule has 1 aliphatic carbocycles. The van der Waals surface area contributed by atoms with Crippen LogP contribution in [0, 0.1) is 5.82 Å². The predicted molar refractivity (Wildman–Crippen MR) is 76.2 cm³/mol. The van der Waals surface area contributed by atoms with E-state index in [0.29, 0.717) is 5.69 Å². The largest absolute Gasteiger partial charge is 0.444 e. The van der Waals surface area contributed by atoms with Gasteiger partial charge in [-0.25, -0.2) is 9.18 Å². The molecular weight excluding hydrogens is 259 g/mol. The molecule has 0 atom stereocenters. The van der Waals surface area contributed by atoms with E-state index < -0.39 is 11.7 Å². The lowest BCUT2D eigenvalue weighted by Crippen LogP contribution is -2.30. The number of anilines is 1. The minimum atomic E-state index is -0.565. The number of amides is 1. The maximum atomic E-state index is 13.5. The molecule has 1 aromatic rings. The molecule has 5 heteroatoms. The normalized spacial score (nSPS) is 16.6. The summed E-state index contributed by atoms with van der Waals surface area (Å²) in [7, 11) is 1.84. The maximum Gasteiger partial charge on any atom is 0.412 e. The van der Waals surface area contributed by atoms with E-state index in [4.69, 9.17) is 4.74 Å². The van der Waals surface area contributed by atoms with Gasteiger partial charge < -0.3 is 10.1 Å². The second-order valence-electron chi connectivity index (χ2n) is 6.15. The molecule has 110 valence electrons. The molecule has 0 aliphatic heterocycles. The number of carbonyl (C=O) groups is 1. The van der Waals surface area contributed by atoms with Crippen molar-refractivity contribution in [3.63, 3.8) is 0 Å². The molecule has 0 radical (unpaired) electrons. The molecule has 1 aliphatic rings. The summed E-state index contributed by atoms with van der Waals surface area (Å²) in [6.45, 7) is 5.40. The fourth-order valence-corrected chi connectivity index (χ4v) is 2.21. The van der Waals surface area contributed by atoms with Crippen LogP contribution in [0.4, 0.5) is 14.9 Å². The Morgan fingerprint density at radius 3 is 2.50 bits per heavy atom. The Kier molecular flexibility index (Phi) is 3.73. The van der Waals surface area contributed by atoms with Crippen LogP contribution in [0.3, 0.4) is 0 Å². The molecule has 0 saturated heterocycles. The minimum Gasteiger partial charge on any atom is -0.444 e. The van der Waals surface area contributed by atoms with Gasteiger partial charge >= 0.3 is 6.09 Å². The van der Waals surface area contributed by atoms with Crippen molar-refractivity contribution >= 4 is 11.8 Å². The Morgan fingerprint density at radius 1 is 1.35 bits per heavy atom. The topological polar surface area (TPSA) is 50.4 Å². The van der Waals surface area contributed by atoms with Crippen LogP contribution in [-0.2, 0) is 10.3 Å². The third kappa shape index (κ3) is 3.28. The summed E-state index contributed by atoms with van der Waals surface area (Å²) < 4.78 is 18.7. The Labute approximate surface area is 118 Å². The summed E-state index contributed by atoms with van der Waals surface area (Å²) in [5.41, 5.74) is 0.565. The summed E-state index contributed by atoms with van der Waals surface area (Å²) in [4.78, 5) is 11.9. The highest BCUT2D eigenvalue weighted by atomic mass is 19.1. The van der Waals surface area contributed by atoms with Crippen molar-refractivity contribution in [2.24, 2.45) is 0 Å². The number of ether oxygens (including phenoxy) is 1. The fraction of sp³-hybridized carbons (Fsp3) is 0.533. The zero-order chi connectivity index (χ0) is 15.0. The quantitative estimate of drug-likeness (QED) is 0.892. The van der Waals surface area contributed by atoms with Crippen LogP contribution in [0.5, 0.6) is 0 Å². The van der Waals surface area contributed by atoms with Gasteiger partial charge in [0.1, 0.15) is 11.4 Å². The number of nitrogens with one attached hydrogen (secondary N) is 2. The first kappa shape index (κ1) is 14.8. The molecular formula is C15H21FN2O2. The molecule has 0 heterocycles. The number of rotatable bonds is 3. The summed E-state index contributed by atoms with van der Waals surface area (Å²) in [5, 5.41) is 5.91. The first-order valence-electron chi connectivity index (χ1n) is 6.75. The maximum absolute atomic E-state index is 13.5. The highest BCUT2D eigenvalue weighted by Gasteiger charge is 2.44. The van der Waals surface area contributed by atoms with Gasteiger partial charge in [0.15, 0.2) is 0 Å². The van der Waals surface area contributed by atoms with E-state index in [1.165, 1.54) is 12.1 Å². The van der Waals surface area contributed by atoms with E-state index >= 15 is 0 Å². The van der Waals surface area contributed by atoms with Crippen molar-refractivity contribution in [2.45, 2.75) is 44.8 Å². The van der Waals surface area contributed by atoms with Crippen molar-refractivity contribution in [3.8, 4) is 0 Å². The SMILES string of the molecule is CNC1(c2cc(F)ccc2NC(=O)OC(C)(C)C)CC1. The first-order chi connectivity index (χ1) is 9.26. The van der Waals surface area contributed by atoms with E-state index in [-0.39, 0.29) is 11.4 Å². The van der Waals surface area contributed by atoms with E-state index in [9.17, 15) is 9.18 Å². The zero-order valence-electron chi connectivity index (χ0n) is 12.3. The van der Waals surface area contributed by atoms with Gasteiger partial charge in [0.2, 0.25) is 0 Å². The monoisotopic (exact) mass is 280 g/mol. The number of carbonyl (C=O) groups excluding carboxylic acids is 1. The van der Waals surface area contributed by atoms with E-state index in [1.807, 2.05) is 7.05 Å². The number of benzene rings is 1. The molecule has 20 heavy (non-hydrogen) atoms. The van der Waals surface area contributed by atoms with Gasteiger partial charge in [-0.3, -0.25) is 5.32 Å². The Bertz CT molecular complexity index is 519. The summed E-state index contributed by atoms with van der Waals surface area (Å²) in [5.74, 6) is -0.309. The van der Waals surface area contributed by atoms with Gasteiger partial charge in [0.05, 0.1) is 0 Å². The Balaban J connectivity index is 2.22. The number of hydrogen-bond acceptors (Lipinski definition) is 3. The van der Waals surface area contributed by atoms with Gasteiger partial charge in [-0.05, 0) is 64.4 Å². The molecule has 1 amide bonds. The molecule has 1 fully saturated rings. The molecule has 0 bridgehead atoms. The highest BCUT2D eigenvalue weighted by molar-refractivity contribution is 5.86. The molecule has 0 spiro atoms. The van der Waals surface area contributed by atoms with Crippen LogP contribution >= 0.6 is 0 Å². The van der Waals surface area contributed by atoms with E-state index in [2.05, 4.69) is 10.6 Å². The average molecular weight is 280 g/mol. The minimum absolute atomic E-state index is 0.230. The lowest BCUT2D eigenvalue weighted by molar-refractivity contribution is 0.0635. The van der Waals surface area contributed by atoms with Crippen molar-refractivity contribution in [1.82, 2.24) is 5.32 Å². The van der Waals surface area contributed by atoms with Crippen LogP contribution in [0.1, 0.15) is 39.2 Å². The number of halogens is 1. The summed E-state index contributed by atoms with van der Waals surface area (Å²) >= 11 is 0. The Hall–Kier alpha value is -1.62. The first-order valence-corrected chi connectivity index (χ1v) is 6.75. The van der Waals surface area contributed by atoms with Crippen LogP contribution in [0.2, 0.25) is 0 Å². The molecule has 0 unspecified atom stereocenters. The molecule has 4 nitrogen and oxygen atoms in total. The highest BCUT2D eigenvalue weighted by Crippen LogP contribution is 2.48. The molecule has 1 aromatic carbocycles. The van der Waals surface area contributed by atoms with E-state index in [1.54, 1.807) is 26.8 Å². The number of hydrogen-bond donors (Lipinski definition) is 2. The standard InChI is InChI=1S/C15H21FN2O2/c1-14(2,3)20-13(19)18-12-6-5-10(16)9-11(12)15(17-4)7-8-15/h5-6,9,17H,7-8H2,1-4H3,(H,18,19). The summed E-state index contributed by atoms with van der Waals surface area (Å²) in [6.07, 6.45) is 1.32. The van der Waals surface area contributed by atoms with Crippen LogP contribution < -0.4 is 10.6 Å². The fourth-order valence-electron chi connectivity index (χ4n) is 2.21. The third-order valence-corrected chi connectivity index (χ3v) is 3.36. The second kappa shape index (κ2) is 5.05.